The highest BCUT2D eigenvalue weighted by atomic mass is 16.6. The van der Waals surface area contributed by atoms with Crippen LogP contribution >= 0.6 is 0 Å². The van der Waals surface area contributed by atoms with Gasteiger partial charge in [-0.3, -0.25) is 19.7 Å². The molecule has 16 heavy (non-hydrogen) atoms. The van der Waals surface area contributed by atoms with Crippen LogP contribution in [0, 0.1) is 10.1 Å². The SMILES string of the molecule is O=C1CCC(=O)c2cc([N+](=O)[O-])ccc2N1. The van der Waals surface area contributed by atoms with Crippen molar-refractivity contribution in [2.75, 3.05) is 5.32 Å². The minimum atomic E-state index is -0.569. The van der Waals surface area contributed by atoms with Crippen LogP contribution in [0.5, 0.6) is 0 Å². The maximum absolute atomic E-state index is 11.6. The fourth-order valence-corrected chi connectivity index (χ4v) is 1.56. The van der Waals surface area contributed by atoms with Crippen LogP contribution in [0.1, 0.15) is 23.2 Å². The highest BCUT2D eigenvalue weighted by Crippen LogP contribution is 2.26. The number of anilines is 1. The molecule has 1 aliphatic heterocycles. The number of amides is 1. The molecular weight excluding hydrogens is 212 g/mol. The van der Waals surface area contributed by atoms with Gasteiger partial charge in [0, 0.05) is 30.5 Å². The third kappa shape index (κ3) is 1.77. The summed E-state index contributed by atoms with van der Waals surface area (Å²) in [6.07, 6.45) is 0.196. The van der Waals surface area contributed by atoms with Crippen LogP contribution in [0.25, 0.3) is 0 Å². The summed E-state index contributed by atoms with van der Waals surface area (Å²) in [4.78, 5) is 32.8. The molecule has 1 amide bonds. The van der Waals surface area contributed by atoms with Gasteiger partial charge in [-0.1, -0.05) is 0 Å². The number of non-ortho nitro benzene ring substituents is 1. The average Bonchev–Trinajstić information content (AvgIpc) is 2.38. The quantitative estimate of drug-likeness (QED) is 0.573. The molecule has 6 nitrogen and oxygen atoms in total. The predicted molar refractivity (Wildman–Crippen MR) is 55.3 cm³/mol. The van der Waals surface area contributed by atoms with Gasteiger partial charge in [0.15, 0.2) is 5.78 Å². The first-order valence-corrected chi connectivity index (χ1v) is 4.69. The van der Waals surface area contributed by atoms with Crippen molar-refractivity contribution >= 4 is 23.1 Å². The lowest BCUT2D eigenvalue weighted by Gasteiger charge is -2.04. The van der Waals surface area contributed by atoms with Crippen LogP contribution in [0.15, 0.2) is 18.2 Å². The van der Waals surface area contributed by atoms with Crippen molar-refractivity contribution in [1.29, 1.82) is 0 Å². The van der Waals surface area contributed by atoms with Crippen LogP contribution < -0.4 is 5.32 Å². The molecule has 1 aliphatic rings. The Morgan fingerprint density at radius 2 is 2.00 bits per heavy atom. The first-order valence-electron chi connectivity index (χ1n) is 4.69. The monoisotopic (exact) mass is 220 g/mol. The molecule has 0 fully saturated rings. The Morgan fingerprint density at radius 1 is 1.25 bits per heavy atom. The van der Waals surface area contributed by atoms with Crippen LogP contribution in [0.4, 0.5) is 11.4 Å². The average molecular weight is 220 g/mol. The number of hydrogen-bond acceptors (Lipinski definition) is 4. The first kappa shape index (κ1) is 10.3. The molecule has 0 bridgehead atoms. The van der Waals surface area contributed by atoms with E-state index in [-0.39, 0.29) is 35.8 Å². The zero-order valence-electron chi connectivity index (χ0n) is 8.23. The molecular formula is C10H8N2O4. The van der Waals surface area contributed by atoms with Gasteiger partial charge in [-0.2, -0.15) is 0 Å². The van der Waals surface area contributed by atoms with E-state index >= 15 is 0 Å². The summed E-state index contributed by atoms with van der Waals surface area (Å²) in [6.45, 7) is 0. The second kappa shape index (κ2) is 3.73. The van der Waals surface area contributed by atoms with E-state index in [1.54, 1.807) is 0 Å². The van der Waals surface area contributed by atoms with Crippen molar-refractivity contribution in [3.05, 3.63) is 33.9 Å². The summed E-state index contributed by atoms with van der Waals surface area (Å²) in [5.41, 5.74) is 0.404. The van der Waals surface area contributed by atoms with E-state index < -0.39 is 4.92 Å². The Balaban J connectivity index is 2.52. The summed E-state index contributed by atoms with van der Waals surface area (Å²) >= 11 is 0. The van der Waals surface area contributed by atoms with E-state index in [0.29, 0.717) is 5.69 Å². The third-order valence-corrected chi connectivity index (χ3v) is 2.37. The molecule has 1 N–H and O–H groups in total. The van der Waals surface area contributed by atoms with E-state index in [4.69, 9.17) is 0 Å². The van der Waals surface area contributed by atoms with Crippen LogP contribution in [-0.4, -0.2) is 16.6 Å². The molecule has 0 aliphatic carbocycles. The number of carbonyl (C=O) groups is 2. The van der Waals surface area contributed by atoms with Gasteiger partial charge in [0.2, 0.25) is 5.91 Å². The molecule has 0 saturated heterocycles. The fourth-order valence-electron chi connectivity index (χ4n) is 1.56. The lowest BCUT2D eigenvalue weighted by molar-refractivity contribution is -0.384. The lowest BCUT2D eigenvalue weighted by Crippen LogP contribution is -2.09. The molecule has 82 valence electrons. The second-order valence-electron chi connectivity index (χ2n) is 3.46. The Labute approximate surface area is 90.4 Å². The number of fused-ring (bicyclic) bond motifs is 1. The minimum Gasteiger partial charge on any atom is -0.325 e. The normalized spacial score (nSPS) is 15.0. The summed E-state index contributed by atoms with van der Waals surface area (Å²) in [6, 6.07) is 3.84. The lowest BCUT2D eigenvalue weighted by atomic mass is 10.1. The van der Waals surface area contributed by atoms with Crippen molar-refractivity contribution in [3.63, 3.8) is 0 Å². The van der Waals surface area contributed by atoms with Gasteiger partial charge in [0.1, 0.15) is 0 Å². The molecule has 1 heterocycles. The van der Waals surface area contributed by atoms with Gasteiger partial charge in [-0.15, -0.1) is 0 Å². The highest BCUT2D eigenvalue weighted by Gasteiger charge is 2.21. The molecule has 0 atom stereocenters. The van der Waals surface area contributed by atoms with Crippen molar-refractivity contribution in [1.82, 2.24) is 0 Å². The zero-order chi connectivity index (χ0) is 11.7. The van der Waals surface area contributed by atoms with Crippen molar-refractivity contribution in [2.24, 2.45) is 0 Å². The molecule has 1 aromatic carbocycles. The molecule has 6 heteroatoms. The zero-order valence-corrected chi connectivity index (χ0v) is 8.23. The summed E-state index contributed by atoms with van der Waals surface area (Å²) in [5.74, 6) is -0.502. The van der Waals surface area contributed by atoms with Gasteiger partial charge in [-0.05, 0) is 6.07 Å². The smallest absolute Gasteiger partial charge is 0.270 e. The van der Waals surface area contributed by atoms with E-state index in [0.717, 1.165) is 0 Å². The van der Waals surface area contributed by atoms with Crippen LogP contribution in [-0.2, 0) is 4.79 Å². The Hall–Kier alpha value is -2.24. The Kier molecular flexibility index (Phi) is 2.40. The van der Waals surface area contributed by atoms with E-state index in [2.05, 4.69) is 5.32 Å². The van der Waals surface area contributed by atoms with Gasteiger partial charge < -0.3 is 5.32 Å². The van der Waals surface area contributed by atoms with Crippen LogP contribution in [0.3, 0.4) is 0 Å². The first-order chi connectivity index (χ1) is 7.58. The second-order valence-corrected chi connectivity index (χ2v) is 3.46. The summed E-state index contributed by atoms with van der Waals surface area (Å²) in [5, 5.41) is 13.1. The molecule has 1 aromatic rings. The largest absolute Gasteiger partial charge is 0.325 e. The maximum atomic E-state index is 11.6. The van der Waals surface area contributed by atoms with Crippen molar-refractivity contribution in [3.8, 4) is 0 Å². The van der Waals surface area contributed by atoms with E-state index in [9.17, 15) is 19.7 Å². The maximum Gasteiger partial charge on any atom is 0.270 e. The molecule has 0 unspecified atom stereocenters. The predicted octanol–water partition coefficient (Wildman–Crippen LogP) is 1.51. The molecule has 0 saturated carbocycles. The van der Waals surface area contributed by atoms with Gasteiger partial charge >= 0.3 is 0 Å². The molecule has 0 aromatic heterocycles. The van der Waals surface area contributed by atoms with Crippen molar-refractivity contribution < 1.29 is 14.5 Å². The summed E-state index contributed by atoms with van der Waals surface area (Å²) < 4.78 is 0. The number of carbonyl (C=O) groups excluding carboxylic acids is 2. The Morgan fingerprint density at radius 3 is 2.69 bits per heavy atom. The number of Topliss-reactive ketones (excluding diaryl/α,β-unsaturated/α-hetero) is 1. The highest BCUT2D eigenvalue weighted by molar-refractivity contribution is 6.09. The standard InChI is InChI=1S/C10H8N2O4/c13-9-3-4-10(14)11-8-2-1-6(12(15)16)5-7(8)9/h1-2,5H,3-4H2,(H,11,14). The fraction of sp³-hybridized carbons (Fsp3) is 0.200. The van der Waals surface area contributed by atoms with Crippen LogP contribution in [0.2, 0.25) is 0 Å². The minimum absolute atomic E-state index is 0.0833. The number of nitro groups is 1. The number of hydrogen-bond donors (Lipinski definition) is 1. The number of nitrogens with one attached hydrogen (secondary N) is 1. The number of ketones is 1. The van der Waals surface area contributed by atoms with Crippen molar-refractivity contribution in [2.45, 2.75) is 12.8 Å². The van der Waals surface area contributed by atoms with E-state index in [1.165, 1.54) is 18.2 Å². The number of nitrogens with zero attached hydrogens (tertiary/aromatic N) is 1. The van der Waals surface area contributed by atoms with Gasteiger partial charge in [0.05, 0.1) is 10.6 Å². The van der Waals surface area contributed by atoms with Gasteiger partial charge in [0.25, 0.3) is 5.69 Å². The van der Waals surface area contributed by atoms with Gasteiger partial charge in [-0.25, -0.2) is 0 Å². The Bertz CT molecular complexity index is 496. The molecule has 0 spiro atoms. The van der Waals surface area contributed by atoms with E-state index in [1.807, 2.05) is 0 Å². The summed E-state index contributed by atoms with van der Waals surface area (Å²) in [7, 11) is 0. The number of rotatable bonds is 1. The number of nitro benzene ring substituents is 1. The molecule has 0 radical (unpaired) electrons. The number of benzene rings is 1. The molecule has 2 rings (SSSR count). The topological polar surface area (TPSA) is 89.3 Å². The third-order valence-electron chi connectivity index (χ3n) is 2.37.